The molecule has 2 atom stereocenters. The third-order valence-corrected chi connectivity index (χ3v) is 8.81. The summed E-state index contributed by atoms with van der Waals surface area (Å²) >= 11 is 0. The lowest BCUT2D eigenvalue weighted by Gasteiger charge is -2.32. The molecular weight excluding hydrogens is 526 g/mol. The number of hydrogen-bond acceptors (Lipinski definition) is 5. The summed E-state index contributed by atoms with van der Waals surface area (Å²) in [6.45, 7) is 9.01. The highest BCUT2D eigenvalue weighted by Gasteiger charge is 2.33. The van der Waals surface area contributed by atoms with Gasteiger partial charge in [0.1, 0.15) is 18.3 Å². The minimum atomic E-state index is -4.12. The predicted molar refractivity (Wildman–Crippen MR) is 158 cm³/mol. The molecule has 0 saturated carbocycles. The number of benzene rings is 3. The van der Waals surface area contributed by atoms with E-state index in [0.717, 1.165) is 27.4 Å². The minimum Gasteiger partial charge on any atom is -0.497 e. The molecule has 0 fully saturated rings. The molecule has 0 spiro atoms. The largest absolute Gasteiger partial charge is 0.497 e. The average Bonchev–Trinajstić information content (AvgIpc) is 2.95. The third-order valence-electron chi connectivity index (χ3n) is 7.02. The van der Waals surface area contributed by atoms with Crippen molar-refractivity contribution < 1.29 is 22.7 Å². The zero-order valence-corrected chi connectivity index (χ0v) is 24.9. The van der Waals surface area contributed by atoms with E-state index in [9.17, 15) is 18.0 Å². The Morgan fingerprint density at radius 2 is 1.55 bits per heavy atom. The van der Waals surface area contributed by atoms with Crippen LogP contribution >= 0.6 is 0 Å². The summed E-state index contributed by atoms with van der Waals surface area (Å²) < 4.78 is 34.1. The number of methoxy groups -OCH3 is 1. The molecule has 3 rings (SSSR count). The van der Waals surface area contributed by atoms with E-state index in [4.69, 9.17) is 4.74 Å². The SMILES string of the molecule is CC[C@@H](C)NC(=O)[C@@H](C)N(Cc1ccccc1C)C(=O)CN(c1ccc(OC)cc1)S(=O)(=O)c1ccc(C)cc1. The van der Waals surface area contributed by atoms with Crippen LogP contribution in [0.15, 0.2) is 77.7 Å². The highest BCUT2D eigenvalue weighted by atomic mass is 32.2. The van der Waals surface area contributed by atoms with Crippen molar-refractivity contribution in [2.45, 2.75) is 64.6 Å². The molecule has 0 aromatic heterocycles. The van der Waals surface area contributed by atoms with Crippen LogP contribution in [0, 0.1) is 13.8 Å². The third kappa shape index (κ3) is 7.41. The number of rotatable bonds is 12. The van der Waals surface area contributed by atoms with Crippen molar-refractivity contribution in [1.82, 2.24) is 10.2 Å². The monoisotopic (exact) mass is 565 g/mol. The summed E-state index contributed by atoms with van der Waals surface area (Å²) in [4.78, 5) is 28.7. The second-order valence-corrected chi connectivity index (χ2v) is 11.8. The summed E-state index contributed by atoms with van der Waals surface area (Å²) in [7, 11) is -2.60. The Morgan fingerprint density at radius 1 is 0.925 bits per heavy atom. The molecule has 0 aliphatic heterocycles. The standard InChI is InChI=1S/C31H39N3O5S/c1-7-24(4)32-31(36)25(5)33(20-26-11-9-8-10-23(26)3)30(35)21-34(27-14-16-28(39-6)17-15-27)40(37,38)29-18-12-22(2)13-19-29/h8-19,24-25H,7,20-21H2,1-6H3,(H,32,36)/t24-,25-/m1/s1. The van der Waals surface area contributed by atoms with Gasteiger partial charge in [-0.15, -0.1) is 0 Å². The number of sulfonamides is 1. The Bertz CT molecular complexity index is 1410. The number of nitrogens with zero attached hydrogens (tertiary/aromatic N) is 2. The summed E-state index contributed by atoms with van der Waals surface area (Å²) in [5.74, 6) is -0.241. The molecule has 0 unspecified atom stereocenters. The molecule has 3 aromatic rings. The zero-order valence-electron chi connectivity index (χ0n) is 24.0. The van der Waals surface area contributed by atoms with Crippen molar-refractivity contribution in [3.8, 4) is 5.75 Å². The molecule has 3 aromatic carbocycles. The summed E-state index contributed by atoms with van der Waals surface area (Å²) in [5.41, 5.74) is 3.06. The average molecular weight is 566 g/mol. The molecule has 0 heterocycles. The molecule has 0 bridgehead atoms. The van der Waals surface area contributed by atoms with Crippen LogP contribution in [0.3, 0.4) is 0 Å². The first-order valence-corrected chi connectivity index (χ1v) is 14.8. The predicted octanol–water partition coefficient (Wildman–Crippen LogP) is 4.84. The van der Waals surface area contributed by atoms with Crippen molar-refractivity contribution in [1.29, 1.82) is 0 Å². The molecule has 40 heavy (non-hydrogen) atoms. The summed E-state index contributed by atoms with van der Waals surface area (Å²) in [6.07, 6.45) is 0.740. The van der Waals surface area contributed by atoms with E-state index in [0.29, 0.717) is 11.4 Å². The van der Waals surface area contributed by atoms with Crippen molar-refractivity contribution in [2.75, 3.05) is 18.0 Å². The number of carbonyl (C=O) groups excluding carboxylic acids is 2. The number of hydrogen-bond donors (Lipinski definition) is 1. The van der Waals surface area contributed by atoms with Crippen molar-refractivity contribution >= 4 is 27.5 Å². The highest BCUT2D eigenvalue weighted by molar-refractivity contribution is 7.92. The lowest BCUT2D eigenvalue weighted by molar-refractivity contribution is -0.139. The van der Waals surface area contributed by atoms with Crippen molar-refractivity contribution in [3.63, 3.8) is 0 Å². The van der Waals surface area contributed by atoms with E-state index in [-0.39, 0.29) is 23.4 Å². The number of aryl methyl sites for hydroxylation is 2. The second-order valence-electron chi connectivity index (χ2n) is 9.96. The number of nitrogens with one attached hydrogen (secondary N) is 1. The molecule has 9 heteroatoms. The maximum Gasteiger partial charge on any atom is 0.264 e. The minimum absolute atomic E-state index is 0.0646. The van der Waals surface area contributed by atoms with Gasteiger partial charge in [0.05, 0.1) is 17.7 Å². The summed E-state index contributed by atoms with van der Waals surface area (Å²) in [5, 5.41) is 2.95. The molecule has 0 aliphatic carbocycles. The van der Waals surface area contributed by atoms with Gasteiger partial charge >= 0.3 is 0 Å². The fourth-order valence-electron chi connectivity index (χ4n) is 4.13. The van der Waals surface area contributed by atoms with Crippen LogP contribution in [-0.4, -0.2) is 50.9 Å². The smallest absolute Gasteiger partial charge is 0.264 e. The van der Waals surface area contributed by atoms with Crippen molar-refractivity contribution in [3.05, 3.63) is 89.5 Å². The normalized spacial score (nSPS) is 12.8. The van der Waals surface area contributed by atoms with E-state index < -0.39 is 28.5 Å². The Balaban J connectivity index is 2.04. The fraction of sp³-hybridized carbons (Fsp3) is 0.355. The lowest BCUT2D eigenvalue weighted by Crippen LogP contribution is -2.52. The van der Waals surface area contributed by atoms with E-state index >= 15 is 0 Å². The van der Waals surface area contributed by atoms with E-state index in [1.165, 1.54) is 24.1 Å². The van der Waals surface area contributed by atoms with Gasteiger partial charge in [-0.1, -0.05) is 48.9 Å². The Hall–Kier alpha value is -3.85. The van der Waals surface area contributed by atoms with E-state index in [2.05, 4.69) is 5.32 Å². The molecule has 0 aliphatic rings. The first-order valence-electron chi connectivity index (χ1n) is 13.4. The van der Waals surface area contributed by atoms with Crippen LogP contribution in [0.4, 0.5) is 5.69 Å². The van der Waals surface area contributed by atoms with Crippen LogP contribution in [0.25, 0.3) is 0 Å². The number of ether oxygens (including phenoxy) is 1. The Morgan fingerprint density at radius 3 is 2.12 bits per heavy atom. The topological polar surface area (TPSA) is 96.0 Å². The van der Waals surface area contributed by atoms with E-state index in [1.54, 1.807) is 43.3 Å². The molecule has 8 nitrogen and oxygen atoms in total. The first kappa shape index (κ1) is 30.7. The van der Waals surface area contributed by atoms with Crippen LogP contribution in [0.5, 0.6) is 5.75 Å². The zero-order chi connectivity index (χ0) is 29.4. The van der Waals surface area contributed by atoms with Gasteiger partial charge in [0.2, 0.25) is 11.8 Å². The van der Waals surface area contributed by atoms with Gasteiger partial charge in [0, 0.05) is 12.6 Å². The maximum absolute atomic E-state index is 14.0. The second kappa shape index (κ2) is 13.5. The highest BCUT2D eigenvalue weighted by Crippen LogP contribution is 2.27. The quantitative estimate of drug-likeness (QED) is 0.339. The molecule has 0 radical (unpaired) electrons. The van der Waals surface area contributed by atoms with Crippen LogP contribution in [-0.2, 0) is 26.2 Å². The number of amides is 2. The van der Waals surface area contributed by atoms with Crippen LogP contribution in [0.2, 0.25) is 0 Å². The number of anilines is 1. The number of carbonyl (C=O) groups is 2. The molecule has 214 valence electrons. The van der Waals surface area contributed by atoms with Gasteiger partial charge in [0.25, 0.3) is 10.0 Å². The van der Waals surface area contributed by atoms with Gasteiger partial charge in [-0.3, -0.25) is 13.9 Å². The molecule has 1 N–H and O–H groups in total. The lowest BCUT2D eigenvalue weighted by atomic mass is 10.1. The maximum atomic E-state index is 14.0. The van der Waals surface area contributed by atoms with Crippen LogP contribution in [0.1, 0.15) is 43.9 Å². The van der Waals surface area contributed by atoms with Crippen molar-refractivity contribution in [2.24, 2.45) is 0 Å². The van der Waals surface area contributed by atoms with Gasteiger partial charge < -0.3 is 15.0 Å². The Labute approximate surface area is 238 Å². The Kier molecular flexibility index (Phi) is 10.3. The molecule has 2 amide bonds. The molecular formula is C31H39N3O5S. The van der Waals surface area contributed by atoms with Gasteiger partial charge in [-0.25, -0.2) is 8.42 Å². The molecule has 0 saturated heterocycles. The van der Waals surface area contributed by atoms with Gasteiger partial charge in [0.15, 0.2) is 0 Å². The fourth-order valence-corrected chi connectivity index (χ4v) is 5.55. The van der Waals surface area contributed by atoms with E-state index in [1.807, 2.05) is 52.0 Å². The van der Waals surface area contributed by atoms with Gasteiger partial charge in [-0.2, -0.15) is 0 Å². The summed E-state index contributed by atoms with van der Waals surface area (Å²) in [6, 6.07) is 19.7. The first-order chi connectivity index (χ1) is 19.0. The van der Waals surface area contributed by atoms with Crippen LogP contribution < -0.4 is 14.4 Å². The van der Waals surface area contributed by atoms with Gasteiger partial charge in [-0.05, 0) is 81.6 Å².